The van der Waals surface area contributed by atoms with E-state index in [1.54, 1.807) is 6.07 Å². The summed E-state index contributed by atoms with van der Waals surface area (Å²) in [4.78, 5) is 19.0. The summed E-state index contributed by atoms with van der Waals surface area (Å²) in [5.74, 6) is -0.134. The fourth-order valence-corrected chi connectivity index (χ4v) is 1.50. The number of hydrogen-bond acceptors (Lipinski definition) is 6. The van der Waals surface area contributed by atoms with Crippen LogP contribution in [0.5, 0.6) is 5.88 Å². The highest BCUT2D eigenvalue weighted by Crippen LogP contribution is 2.11. The molecule has 86 valence electrons. The van der Waals surface area contributed by atoms with Gasteiger partial charge in [-0.1, -0.05) is 0 Å². The number of hydrogen-bond donors (Lipinski definition) is 1. The molecule has 1 N–H and O–H groups in total. The van der Waals surface area contributed by atoms with E-state index in [-0.39, 0.29) is 11.9 Å². The van der Waals surface area contributed by atoms with Gasteiger partial charge in [0.25, 0.3) is 0 Å². The minimum Gasteiger partial charge on any atom is -0.473 e. The molecule has 1 aliphatic heterocycles. The van der Waals surface area contributed by atoms with Gasteiger partial charge >= 0.3 is 5.97 Å². The Morgan fingerprint density at radius 2 is 2.50 bits per heavy atom. The summed E-state index contributed by atoms with van der Waals surface area (Å²) < 4.78 is 10.1. The van der Waals surface area contributed by atoms with Crippen LogP contribution in [0.15, 0.2) is 12.3 Å². The van der Waals surface area contributed by atoms with Crippen molar-refractivity contribution >= 4 is 5.97 Å². The first-order valence-electron chi connectivity index (χ1n) is 5.08. The lowest BCUT2D eigenvalue weighted by Gasteiger charge is -2.11. The number of carbonyl (C=O) groups excluding carboxylic acids is 1. The van der Waals surface area contributed by atoms with E-state index in [1.165, 1.54) is 13.3 Å². The summed E-state index contributed by atoms with van der Waals surface area (Å²) in [5, 5.41) is 3.18. The summed E-state index contributed by atoms with van der Waals surface area (Å²) in [7, 11) is 1.29. The predicted octanol–water partition coefficient (Wildman–Crippen LogP) is 0.00390. The molecule has 0 saturated carbocycles. The zero-order valence-electron chi connectivity index (χ0n) is 8.97. The summed E-state index contributed by atoms with van der Waals surface area (Å²) in [6, 6.07) is 1.63. The lowest BCUT2D eigenvalue weighted by molar-refractivity contribution is 0.0584. The quantitative estimate of drug-likeness (QED) is 0.727. The van der Waals surface area contributed by atoms with Crippen molar-refractivity contribution in [1.29, 1.82) is 0 Å². The van der Waals surface area contributed by atoms with Crippen LogP contribution in [0.4, 0.5) is 0 Å². The molecule has 0 bridgehead atoms. The van der Waals surface area contributed by atoms with Crippen molar-refractivity contribution in [2.75, 3.05) is 20.2 Å². The van der Waals surface area contributed by atoms with Gasteiger partial charge in [0.15, 0.2) is 0 Å². The van der Waals surface area contributed by atoms with Crippen molar-refractivity contribution < 1.29 is 14.3 Å². The van der Waals surface area contributed by atoms with Gasteiger partial charge in [0, 0.05) is 18.8 Å². The molecule has 1 unspecified atom stereocenters. The standard InChI is InChI=1S/C10H13N3O3/c1-15-10(14)9-12-5-3-8(13-9)16-7-2-4-11-6-7/h3,5,7,11H,2,4,6H2,1H3. The molecule has 1 aliphatic rings. The molecule has 2 rings (SSSR count). The lowest BCUT2D eigenvalue weighted by Crippen LogP contribution is -2.20. The van der Waals surface area contributed by atoms with E-state index in [0.29, 0.717) is 5.88 Å². The largest absolute Gasteiger partial charge is 0.473 e. The molecule has 1 aromatic heterocycles. The Morgan fingerprint density at radius 3 is 3.19 bits per heavy atom. The zero-order chi connectivity index (χ0) is 11.4. The Bertz CT molecular complexity index is 377. The van der Waals surface area contributed by atoms with Crippen LogP contribution >= 0.6 is 0 Å². The smallest absolute Gasteiger partial charge is 0.376 e. The minimum absolute atomic E-state index is 0.0194. The molecule has 6 nitrogen and oxygen atoms in total. The number of esters is 1. The van der Waals surface area contributed by atoms with Crippen molar-refractivity contribution in [2.45, 2.75) is 12.5 Å². The maximum atomic E-state index is 11.2. The van der Waals surface area contributed by atoms with Gasteiger partial charge in [-0.25, -0.2) is 9.78 Å². The van der Waals surface area contributed by atoms with Gasteiger partial charge in [0.2, 0.25) is 11.7 Å². The molecule has 0 radical (unpaired) electrons. The number of nitrogens with zero attached hydrogens (tertiary/aromatic N) is 2. The summed E-state index contributed by atoms with van der Waals surface area (Å²) in [6.07, 6.45) is 2.54. The third-order valence-corrected chi connectivity index (χ3v) is 2.30. The number of aromatic nitrogens is 2. The van der Waals surface area contributed by atoms with Crippen LogP contribution < -0.4 is 10.1 Å². The van der Waals surface area contributed by atoms with Crippen molar-refractivity contribution in [1.82, 2.24) is 15.3 Å². The second kappa shape index (κ2) is 4.89. The summed E-state index contributed by atoms with van der Waals surface area (Å²) >= 11 is 0. The van der Waals surface area contributed by atoms with E-state index < -0.39 is 5.97 Å². The summed E-state index contributed by atoms with van der Waals surface area (Å²) in [6.45, 7) is 1.75. The number of methoxy groups -OCH3 is 1. The Hall–Kier alpha value is -1.69. The van der Waals surface area contributed by atoms with Crippen LogP contribution in [-0.2, 0) is 4.74 Å². The molecule has 1 aromatic rings. The van der Waals surface area contributed by atoms with Crippen molar-refractivity contribution in [2.24, 2.45) is 0 Å². The lowest BCUT2D eigenvalue weighted by atomic mass is 10.3. The van der Waals surface area contributed by atoms with Crippen molar-refractivity contribution in [3.63, 3.8) is 0 Å². The molecule has 2 heterocycles. The first kappa shape index (κ1) is 10.8. The van der Waals surface area contributed by atoms with Crippen LogP contribution in [0.25, 0.3) is 0 Å². The van der Waals surface area contributed by atoms with Gasteiger partial charge in [-0.2, -0.15) is 4.98 Å². The number of carbonyl (C=O) groups is 1. The fourth-order valence-electron chi connectivity index (χ4n) is 1.50. The molecular formula is C10H13N3O3. The molecule has 0 amide bonds. The highest BCUT2D eigenvalue weighted by Gasteiger charge is 2.17. The van der Waals surface area contributed by atoms with E-state index >= 15 is 0 Å². The average molecular weight is 223 g/mol. The van der Waals surface area contributed by atoms with Gasteiger partial charge in [-0.15, -0.1) is 0 Å². The monoisotopic (exact) mass is 223 g/mol. The van der Waals surface area contributed by atoms with Crippen molar-refractivity contribution in [3.05, 3.63) is 18.1 Å². The Kier molecular flexibility index (Phi) is 3.31. The van der Waals surface area contributed by atoms with Crippen LogP contribution in [0.2, 0.25) is 0 Å². The third-order valence-electron chi connectivity index (χ3n) is 2.30. The van der Waals surface area contributed by atoms with E-state index in [1.807, 2.05) is 0 Å². The highest BCUT2D eigenvalue weighted by atomic mass is 16.5. The normalized spacial score (nSPS) is 19.4. The van der Waals surface area contributed by atoms with Gasteiger partial charge in [-0.3, -0.25) is 0 Å². The number of rotatable bonds is 3. The number of ether oxygens (including phenoxy) is 2. The van der Waals surface area contributed by atoms with Crippen LogP contribution in [0.3, 0.4) is 0 Å². The molecule has 6 heteroatoms. The van der Waals surface area contributed by atoms with E-state index in [0.717, 1.165) is 19.5 Å². The highest BCUT2D eigenvalue weighted by molar-refractivity contribution is 5.84. The molecule has 16 heavy (non-hydrogen) atoms. The Morgan fingerprint density at radius 1 is 1.62 bits per heavy atom. The summed E-state index contributed by atoms with van der Waals surface area (Å²) in [5.41, 5.74) is 0. The number of nitrogens with one attached hydrogen (secondary N) is 1. The third kappa shape index (κ3) is 2.46. The molecule has 0 aromatic carbocycles. The second-order valence-corrected chi connectivity index (χ2v) is 3.44. The predicted molar refractivity (Wildman–Crippen MR) is 55.3 cm³/mol. The first-order chi connectivity index (χ1) is 7.79. The molecule has 0 spiro atoms. The Labute approximate surface area is 93.0 Å². The molecule has 1 saturated heterocycles. The van der Waals surface area contributed by atoms with E-state index in [9.17, 15) is 4.79 Å². The fraction of sp³-hybridized carbons (Fsp3) is 0.500. The second-order valence-electron chi connectivity index (χ2n) is 3.44. The first-order valence-corrected chi connectivity index (χ1v) is 5.08. The van der Waals surface area contributed by atoms with Gasteiger partial charge in [0.05, 0.1) is 7.11 Å². The van der Waals surface area contributed by atoms with Gasteiger partial charge < -0.3 is 14.8 Å². The molecule has 1 atom stereocenters. The molecule has 0 aliphatic carbocycles. The van der Waals surface area contributed by atoms with E-state index in [4.69, 9.17) is 4.74 Å². The topological polar surface area (TPSA) is 73.3 Å². The van der Waals surface area contributed by atoms with E-state index in [2.05, 4.69) is 20.0 Å². The maximum absolute atomic E-state index is 11.2. The Balaban J connectivity index is 2.06. The van der Waals surface area contributed by atoms with Crippen LogP contribution in [-0.4, -0.2) is 42.2 Å². The SMILES string of the molecule is COC(=O)c1nccc(OC2CCNC2)n1. The zero-order valence-corrected chi connectivity index (χ0v) is 8.97. The van der Waals surface area contributed by atoms with Crippen molar-refractivity contribution in [3.8, 4) is 5.88 Å². The van der Waals surface area contributed by atoms with Crippen LogP contribution in [0.1, 0.15) is 17.0 Å². The van der Waals surface area contributed by atoms with Gasteiger partial charge in [-0.05, 0) is 13.0 Å². The molecule has 1 fully saturated rings. The minimum atomic E-state index is -0.560. The van der Waals surface area contributed by atoms with Crippen LogP contribution in [0, 0.1) is 0 Å². The maximum Gasteiger partial charge on any atom is 0.376 e. The average Bonchev–Trinajstić information content (AvgIpc) is 2.81. The van der Waals surface area contributed by atoms with Gasteiger partial charge in [0.1, 0.15) is 6.10 Å². The molecular weight excluding hydrogens is 210 g/mol.